The molecule has 0 aromatic heterocycles. The zero-order valence-corrected chi connectivity index (χ0v) is 19.6. The number of carbonyl (C=O) groups is 2. The summed E-state index contributed by atoms with van der Waals surface area (Å²) in [7, 11) is 0. The van der Waals surface area contributed by atoms with Crippen molar-refractivity contribution in [1.29, 1.82) is 0 Å². The number of rotatable bonds is 13. The molecule has 30 heavy (non-hydrogen) atoms. The van der Waals surface area contributed by atoms with Gasteiger partial charge in [-0.15, -0.1) is 0 Å². The number of hydrogen-bond acceptors (Lipinski definition) is 6. The molecule has 0 unspecified atom stereocenters. The van der Waals surface area contributed by atoms with Gasteiger partial charge in [-0.1, -0.05) is 30.3 Å². The van der Waals surface area contributed by atoms with E-state index in [2.05, 4.69) is 0 Å². The summed E-state index contributed by atoms with van der Waals surface area (Å²) in [6.45, 7) is 13.5. The van der Waals surface area contributed by atoms with Crippen LogP contribution >= 0.6 is 0 Å². The molecule has 0 fully saturated rings. The number of carbonyl (C=O) groups excluding carboxylic acids is 2. The van der Waals surface area contributed by atoms with E-state index in [0.717, 1.165) is 5.56 Å². The molecule has 0 saturated carbocycles. The molecule has 1 rings (SSSR count). The van der Waals surface area contributed by atoms with Gasteiger partial charge in [0, 0.05) is 19.4 Å². The van der Waals surface area contributed by atoms with Crippen molar-refractivity contribution in [3.05, 3.63) is 35.9 Å². The summed E-state index contributed by atoms with van der Waals surface area (Å²) < 4.78 is 23.2. The van der Waals surface area contributed by atoms with E-state index < -0.39 is 17.0 Å². The van der Waals surface area contributed by atoms with Crippen LogP contribution in [0.1, 0.15) is 79.7 Å². The van der Waals surface area contributed by atoms with Gasteiger partial charge in [0.1, 0.15) is 0 Å². The normalized spacial score (nSPS) is 12.5. The molecule has 0 saturated heterocycles. The Bertz CT molecular complexity index is 630. The lowest BCUT2D eigenvalue weighted by molar-refractivity contribution is -0.320. The summed E-state index contributed by atoms with van der Waals surface area (Å²) >= 11 is 0. The van der Waals surface area contributed by atoms with E-state index in [-0.39, 0.29) is 11.9 Å². The first-order chi connectivity index (χ1) is 13.9. The molecule has 0 spiro atoms. The molecule has 0 aliphatic heterocycles. The molecule has 0 radical (unpaired) electrons. The molecule has 1 aromatic rings. The van der Waals surface area contributed by atoms with Crippen molar-refractivity contribution in [2.45, 2.75) is 91.1 Å². The first kappa shape index (κ1) is 26.1. The van der Waals surface area contributed by atoms with Crippen molar-refractivity contribution < 1.29 is 28.5 Å². The van der Waals surface area contributed by atoms with E-state index in [9.17, 15) is 9.59 Å². The largest absolute Gasteiger partial charge is 0.466 e. The van der Waals surface area contributed by atoms with E-state index in [1.54, 1.807) is 0 Å². The topological polar surface area (TPSA) is 71.1 Å². The molecule has 0 aliphatic carbocycles. The van der Waals surface area contributed by atoms with Crippen LogP contribution in [0.2, 0.25) is 0 Å². The smallest absolute Gasteiger partial charge is 0.302 e. The molecule has 6 heteroatoms. The number of ether oxygens (including phenoxy) is 4. The fraction of sp³-hybridized carbons (Fsp3) is 0.667. The number of hydrogen-bond donors (Lipinski definition) is 0. The first-order valence-corrected chi connectivity index (χ1v) is 10.6. The SMILES string of the molecule is CC(=O)OCCCC(C)(C)OC(C)(OC(C)(C)CCCOC(C)=O)c1ccccc1. The van der Waals surface area contributed by atoms with E-state index >= 15 is 0 Å². The monoisotopic (exact) mass is 422 g/mol. The molecule has 170 valence electrons. The van der Waals surface area contributed by atoms with Crippen LogP contribution in [0.5, 0.6) is 0 Å². The highest BCUT2D eigenvalue weighted by atomic mass is 16.7. The third kappa shape index (κ3) is 10.2. The minimum absolute atomic E-state index is 0.276. The van der Waals surface area contributed by atoms with Crippen LogP contribution in [0.15, 0.2) is 30.3 Å². The van der Waals surface area contributed by atoms with Crippen LogP contribution in [0.3, 0.4) is 0 Å². The van der Waals surface area contributed by atoms with Crippen molar-refractivity contribution in [2.24, 2.45) is 0 Å². The zero-order chi connectivity index (χ0) is 22.8. The maximum Gasteiger partial charge on any atom is 0.302 e. The van der Waals surface area contributed by atoms with E-state index in [1.165, 1.54) is 13.8 Å². The fourth-order valence-electron chi connectivity index (χ4n) is 3.46. The van der Waals surface area contributed by atoms with Gasteiger partial charge in [0.15, 0.2) is 5.79 Å². The third-order valence-corrected chi connectivity index (χ3v) is 4.70. The van der Waals surface area contributed by atoms with Crippen molar-refractivity contribution in [2.75, 3.05) is 13.2 Å². The van der Waals surface area contributed by atoms with Crippen molar-refractivity contribution in [1.82, 2.24) is 0 Å². The molecular weight excluding hydrogens is 384 g/mol. The predicted molar refractivity (Wildman–Crippen MR) is 116 cm³/mol. The average Bonchev–Trinajstić information content (AvgIpc) is 2.62. The molecule has 6 nitrogen and oxygen atoms in total. The lowest BCUT2D eigenvalue weighted by atomic mass is 9.98. The van der Waals surface area contributed by atoms with E-state index in [0.29, 0.717) is 38.9 Å². The molecule has 0 aliphatic rings. The van der Waals surface area contributed by atoms with Crippen LogP contribution in [0.25, 0.3) is 0 Å². The molecule has 0 N–H and O–H groups in total. The highest BCUT2D eigenvalue weighted by Gasteiger charge is 2.40. The van der Waals surface area contributed by atoms with Crippen LogP contribution in [0.4, 0.5) is 0 Å². The molecule has 1 aromatic carbocycles. The third-order valence-electron chi connectivity index (χ3n) is 4.70. The molecule has 0 atom stereocenters. The Morgan fingerprint density at radius 1 is 0.733 bits per heavy atom. The van der Waals surface area contributed by atoms with Gasteiger partial charge < -0.3 is 18.9 Å². The van der Waals surface area contributed by atoms with Crippen molar-refractivity contribution in [3.8, 4) is 0 Å². The summed E-state index contributed by atoms with van der Waals surface area (Å²) in [5.74, 6) is -1.53. The second-order valence-electron chi connectivity index (χ2n) is 8.92. The summed E-state index contributed by atoms with van der Waals surface area (Å²) in [6, 6.07) is 9.86. The maximum atomic E-state index is 11.0. The fourth-order valence-corrected chi connectivity index (χ4v) is 3.46. The molecule has 0 bridgehead atoms. The summed E-state index contributed by atoms with van der Waals surface area (Å²) in [6.07, 6.45) is 2.81. The summed E-state index contributed by atoms with van der Waals surface area (Å²) in [4.78, 5) is 22.0. The Morgan fingerprint density at radius 2 is 1.13 bits per heavy atom. The van der Waals surface area contributed by atoms with Crippen molar-refractivity contribution >= 4 is 11.9 Å². The van der Waals surface area contributed by atoms with Crippen molar-refractivity contribution in [3.63, 3.8) is 0 Å². The van der Waals surface area contributed by atoms with E-state index in [1.807, 2.05) is 65.0 Å². The Balaban J connectivity index is 2.88. The van der Waals surface area contributed by atoms with Gasteiger partial charge in [0.25, 0.3) is 0 Å². The minimum Gasteiger partial charge on any atom is -0.466 e. The van der Waals surface area contributed by atoms with E-state index in [4.69, 9.17) is 18.9 Å². The minimum atomic E-state index is -0.975. The average molecular weight is 423 g/mol. The highest BCUT2D eigenvalue weighted by molar-refractivity contribution is 5.66. The first-order valence-electron chi connectivity index (χ1n) is 10.6. The van der Waals surface area contributed by atoms with Crippen LogP contribution in [-0.2, 0) is 34.3 Å². The Hall–Kier alpha value is -1.92. The van der Waals surface area contributed by atoms with Crippen LogP contribution in [0, 0.1) is 0 Å². The number of benzene rings is 1. The summed E-state index contributed by atoms with van der Waals surface area (Å²) in [5.41, 5.74) is -0.0805. The lowest BCUT2D eigenvalue weighted by Crippen LogP contribution is -2.44. The van der Waals surface area contributed by atoms with Gasteiger partial charge in [-0.05, 0) is 60.3 Å². The predicted octanol–water partition coefficient (Wildman–Crippen LogP) is 5.14. The highest BCUT2D eigenvalue weighted by Crippen LogP contribution is 2.38. The van der Waals surface area contributed by atoms with Gasteiger partial charge in [-0.3, -0.25) is 9.59 Å². The van der Waals surface area contributed by atoms with Crippen LogP contribution in [-0.4, -0.2) is 36.4 Å². The second kappa shape index (κ2) is 11.5. The Morgan fingerprint density at radius 3 is 1.50 bits per heavy atom. The van der Waals surface area contributed by atoms with Gasteiger partial charge in [-0.2, -0.15) is 0 Å². The zero-order valence-electron chi connectivity index (χ0n) is 19.6. The molecular formula is C24H38O6. The van der Waals surface area contributed by atoms with Gasteiger partial charge >= 0.3 is 11.9 Å². The maximum absolute atomic E-state index is 11.0. The Kier molecular flexibility index (Phi) is 9.98. The van der Waals surface area contributed by atoms with Crippen LogP contribution < -0.4 is 0 Å². The number of esters is 2. The molecule has 0 amide bonds. The lowest BCUT2D eigenvalue weighted by Gasteiger charge is -2.43. The van der Waals surface area contributed by atoms with Gasteiger partial charge in [0.2, 0.25) is 0 Å². The standard InChI is InChI=1S/C24H38O6/c1-19(25)27-17-11-15-22(3,4)29-24(7,21-13-9-8-10-14-21)30-23(5,6)16-12-18-28-20(2)26/h8-10,13-14H,11-12,15-18H2,1-7H3. The van der Waals surface area contributed by atoms with Gasteiger partial charge in [0.05, 0.1) is 24.4 Å². The summed E-state index contributed by atoms with van der Waals surface area (Å²) in [5, 5.41) is 0. The van der Waals surface area contributed by atoms with Gasteiger partial charge in [-0.25, -0.2) is 0 Å². The quantitative estimate of drug-likeness (QED) is 0.249. The molecule has 0 heterocycles. The Labute approximate surface area is 181 Å². The second-order valence-corrected chi connectivity index (χ2v) is 8.92.